The Bertz CT molecular complexity index is 239. The van der Waals surface area contributed by atoms with Gasteiger partial charge in [0, 0.05) is 0 Å². The lowest BCUT2D eigenvalue weighted by Crippen LogP contribution is -2.22. The lowest BCUT2D eigenvalue weighted by atomic mass is 9.96. The maximum atomic E-state index is 9.71. The fourth-order valence-electron chi connectivity index (χ4n) is 1.24. The number of aliphatic hydroxyl groups is 1. The summed E-state index contributed by atoms with van der Waals surface area (Å²) in [7, 11) is 0. The minimum absolute atomic E-state index is 0.651. The van der Waals surface area contributed by atoms with E-state index in [2.05, 4.69) is 43.3 Å². The van der Waals surface area contributed by atoms with E-state index >= 15 is 0 Å². The van der Waals surface area contributed by atoms with E-state index in [1.165, 1.54) is 4.91 Å². The first-order valence-electron chi connectivity index (χ1n) is 5.50. The van der Waals surface area contributed by atoms with Crippen molar-refractivity contribution < 1.29 is 5.11 Å². The van der Waals surface area contributed by atoms with Gasteiger partial charge in [-0.25, -0.2) is 0 Å². The second-order valence-corrected chi connectivity index (χ2v) is 6.16. The van der Waals surface area contributed by atoms with Crippen LogP contribution >= 0.6 is 27.7 Å². The Morgan fingerprint density at radius 1 is 1.31 bits per heavy atom. The molecule has 0 rings (SSSR count). The second-order valence-electron chi connectivity index (χ2n) is 4.02. The van der Waals surface area contributed by atoms with Crippen LogP contribution in [0.4, 0.5) is 0 Å². The number of thioether (sulfide) groups is 1. The highest BCUT2D eigenvalue weighted by Gasteiger charge is 2.19. The zero-order valence-electron chi connectivity index (χ0n) is 11.4. The van der Waals surface area contributed by atoms with Gasteiger partial charge in [-0.3, -0.25) is 0 Å². The third-order valence-corrected chi connectivity index (χ3v) is 3.63. The summed E-state index contributed by atoms with van der Waals surface area (Å²) in [5.74, 6) is 0. The lowest BCUT2D eigenvalue weighted by molar-refractivity contribution is 0.116. The Morgan fingerprint density at radius 2 is 1.69 bits per heavy atom. The van der Waals surface area contributed by atoms with Crippen LogP contribution in [0.3, 0.4) is 0 Å². The summed E-state index contributed by atoms with van der Waals surface area (Å²) in [6.45, 7) is 13.5. The molecule has 0 saturated carbocycles. The van der Waals surface area contributed by atoms with E-state index in [0.29, 0.717) is 0 Å². The molecule has 1 N–H and O–H groups in total. The molecular weight excluding hydrogens is 284 g/mol. The van der Waals surface area contributed by atoms with E-state index in [4.69, 9.17) is 0 Å². The van der Waals surface area contributed by atoms with Crippen molar-refractivity contribution in [3.05, 3.63) is 21.5 Å². The Balaban J connectivity index is 0. The number of allylic oxidation sites excluding steroid dienone is 2. The van der Waals surface area contributed by atoms with Crippen molar-refractivity contribution in [2.75, 3.05) is 6.26 Å². The maximum Gasteiger partial charge on any atom is 0.0811 e. The molecule has 3 heteroatoms. The molecule has 0 aromatic heterocycles. The van der Waals surface area contributed by atoms with Crippen LogP contribution in [-0.4, -0.2) is 17.0 Å². The average molecular weight is 309 g/mol. The second kappa shape index (κ2) is 9.32. The zero-order chi connectivity index (χ0) is 13.4. The van der Waals surface area contributed by atoms with Gasteiger partial charge in [0.25, 0.3) is 0 Å². The molecule has 1 nitrogen and oxygen atoms in total. The van der Waals surface area contributed by atoms with Crippen molar-refractivity contribution in [3.63, 3.8) is 0 Å². The molecule has 0 aromatic carbocycles. The van der Waals surface area contributed by atoms with Crippen LogP contribution in [0.25, 0.3) is 0 Å². The van der Waals surface area contributed by atoms with Gasteiger partial charge in [-0.1, -0.05) is 36.4 Å². The average Bonchev–Trinajstić information content (AvgIpc) is 2.17. The first-order chi connectivity index (χ1) is 7.20. The highest BCUT2D eigenvalue weighted by Crippen LogP contribution is 2.27. The fourth-order valence-corrected chi connectivity index (χ4v) is 1.88. The van der Waals surface area contributed by atoms with Gasteiger partial charge in [0.15, 0.2) is 0 Å². The van der Waals surface area contributed by atoms with Crippen LogP contribution < -0.4 is 0 Å². The first-order valence-corrected chi connectivity index (χ1v) is 7.52. The molecule has 0 fully saturated rings. The minimum atomic E-state index is -0.651. The largest absolute Gasteiger partial charge is 0.386 e. The van der Waals surface area contributed by atoms with E-state index in [1.807, 2.05) is 20.1 Å². The van der Waals surface area contributed by atoms with Gasteiger partial charge in [-0.2, -0.15) is 0 Å². The van der Waals surface area contributed by atoms with Gasteiger partial charge in [0.1, 0.15) is 0 Å². The highest BCUT2D eigenvalue weighted by atomic mass is 79.9. The van der Waals surface area contributed by atoms with Gasteiger partial charge in [-0.15, -0.1) is 11.8 Å². The molecular formula is C13H25BrOS. The summed E-state index contributed by atoms with van der Waals surface area (Å²) in [4.78, 5) is 1.24. The Hall–Kier alpha value is 0.270. The zero-order valence-corrected chi connectivity index (χ0v) is 13.8. The van der Waals surface area contributed by atoms with Gasteiger partial charge in [0.2, 0.25) is 0 Å². The fraction of sp³-hybridized carbons (Fsp3) is 0.692. The van der Waals surface area contributed by atoms with E-state index in [0.717, 1.165) is 22.9 Å². The van der Waals surface area contributed by atoms with Crippen LogP contribution in [0.2, 0.25) is 0 Å². The van der Waals surface area contributed by atoms with Crippen LogP contribution in [-0.2, 0) is 0 Å². The number of rotatable bonds is 4. The lowest BCUT2D eigenvalue weighted by Gasteiger charge is -2.22. The quantitative estimate of drug-likeness (QED) is 0.779. The topological polar surface area (TPSA) is 20.2 Å². The Morgan fingerprint density at radius 3 is 1.75 bits per heavy atom. The summed E-state index contributed by atoms with van der Waals surface area (Å²) in [5, 5.41) is 9.71. The Labute approximate surface area is 114 Å². The van der Waals surface area contributed by atoms with Crippen molar-refractivity contribution in [1.82, 2.24) is 0 Å². The monoisotopic (exact) mass is 308 g/mol. The van der Waals surface area contributed by atoms with Gasteiger partial charge < -0.3 is 5.11 Å². The summed E-state index contributed by atoms with van der Waals surface area (Å²) < 4.78 is 1.07. The van der Waals surface area contributed by atoms with E-state index in [9.17, 15) is 5.11 Å². The van der Waals surface area contributed by atoms with Gasteiger partial charge in [-0.05, 0) is 54.8 Å². The van der Waals surface area contributed by atoms with Gasteiger partial charge >= 0.3 is 0 Å². The van der Waals surface area contributed by atoms with Crippen LogP contribution in [0, 0.1) is 0 Å². The predicted octanol–water partition coefficient (Wildman–Crippen LogP) is 5.11. The molecule has 0 radical (unpaired) electrons. The predicted molar refractivity (Wildman–Crippen MR) is 81.2 cm³/mol. The molecule has 16 heavy (non-hydrogen) atoms. The minimum Gasteiger partial charge on any atom is -0.386 e. The van der Waals surface area contributed by atoms with Crippen molar-refractivity contribution in [2.24, 2.45) is 0 Å². The summed E-state index contributed by atoms with van der Waals surface area (Å²) in [6.07, 6.45) is 3.99. The summed E-state index contributed by atoms with van der Waals surface area (Å²) in [6, 6.07) is 0. The molecule has 0 unspecified atom stereocenters. The normalized spacial score (nSPS) is 12.5. The molecule has 96 valence electrons. The summed E-state index contributed by atoms with van der Waals surface area (Å²) in [5.41, 5.74) is 0.493. The van der Waals surface area contributed by atoms with Crippen molar-refractivity contribution in [3.8, 4) is 0 Å². The molecule has 0 aliphatic heterocycles. The van der Waals surface area contributed by atoms with Crippen molar-refractivity contribution >= 4 is 27.7 Å². The molecule has 0 atom stereocenters. The number of halogens is 1. The molecule has 0 spiro atoms. The highest BCUT2D eigenvalue weighted by molar-refractivity contribution is 9.11. The van der Waals surface area contributed by atoms with Crippen molar-refractivity contribution in [1.29, 1.82) is 0 Å². The van der Waals surface area contributed by atoms with E-state index < -0.39 is 5.60 Å². The molecule has 0 saturated heterocycles. The maximum absolute atomic E-state index is 9.71. The smallest absolute Gasteiger partial charge is 0.0811 e. The molecule has 0 amide bonds. The SMILES string of the molecule is C=C(Br)CC.CC/C(=C(\C)SC)C(C)(C)O. The van der Waals surface area contributed by atoms with E-state index in [-0.39, 0.29) is 0 Å². The third kappa shape index (κ3) is 9.49. The first kappa shape index (κ1) is 18.6. The molecule has 0 heterocycles. The van der Waals surface area contributed by atoms with Crippen LogP contribution in [0.15, 0.2) is 21.5 Å². The van der Waals surface area contributed by atoms with Crippen molar-refractivity contribution in [2.45, 2.75) is 53.1 Å². The number of hydrogen-bond donors (Lipinski definition) is 1. The molecule has 0 aliphatic rings. The molecule has 0 aliphatic carbocycles. The Kier molecular flexibility index (Phi) is 10.8. The standard InChI is InChI=1S/C9H18OS.C4H7Br/c1-6-8(7(2)11-5)9(3,4)10;1-3-4(2)5/h10H,6H2,1-5H3;2-3H2,1H3/b8-7-;. The van der Waals surface area contributed by atoms with Crippen LogP contribution in [0.5, 0.6) is 0 Å². The van der Waals surface area contributed by atoms with Gasteiger partial charge in [0.05, 0.1) is 5.60 Å². The third-order valence-electron chi connectivity index (χ3n) is 2.21. The van der Waals surface area contributed by atoms with E-state index in [1.54, 1.807) is 11.8 Å². The molecule has 0 bridgehead atoms. The summed E-state index contributed by atoms with van der Waals surface area (Å²) >= 11 is 4.88. The van der Waals surface area contributed by atoms with Crippen LogP contribution in [0.1, 0.15) is 47.5 Å². The number of hydrogen-bond acceptors (Lipinski definition) is 2. The molecule has 0 aromatic rings.